The summed E-state index contributed by atoms with van der Waals surface area (Å²) in [6.45, 7) is 4.06. The molecule has 2 aromatic rings. The number of hydrazine groups is 1. The van der Waals surface area contributed by atoms with E-state index in [2.05, 4.69) is 16.2 Å². The molecule has 8 nitrogen and oxygen atoms in total. The second-order valence-corrected chi connectivity index (χ2v) is 5.97. The van der Waals surface area contributed by atoms with Crippen molar-refractivity contribution in [2.75, 3.05) is 13.2 Å². The van der Waals surface area contributed by atoms with E-state index in [1.54, 1.807) is 18.2 Å². The molecule has 0 spiro atoms. The lowest BCUT2D eigenvalue weighted by molar-refractivity contribution is -0.130. The zero-order valence-electron chi connectivity index (χ0n) is 15.3. The molecule has 3 amide bonds. The fourth-order valence-corrected chi connectivity index (χ4v) is 2.14. The van der Waals surface area contributed by atoms with Crippen molar-refractivity contribution in [3.05, 3.63) is 53.5 Å². The quantitative estimate of drug-likeness (QED) is 0.481. The highest BCUT2D eigenvalue weighted by molar-refractivity contribution is 5.91. The Hall–Kier alpha value is -3.29. The molecule has 8 heteroatoms. The second-order valence-electron chi connectivity index (χ2n) is 5.97. The maximum atomic E-state index is 11.7. The second kappa shape index (κ2) is 10.0. The molecule has 0 saturated carbocycles. The highest BCUT2D eigenvalue weighted by atomic mass is 16.5. The van der Waals surface area contributed by atoms with Gasteiger partial charge in [0.1, 0.15) is 5.75 Å². The van der Waals surface area contributed by atoms with Gasteiger partial charge in [-0.1, -0.05) is 6.07 Å². The van der Waals surface area contributed by atoms with Crippen LogP contribution in [0.5, 0.6) is 5.75 Å². The van der Waals surface area contributed by atoms with Gasteiger partial charge in [0.05, 0.1) is 6.26 Å². The number of aryl methyl sites for hydroxylation is 2. The molecule has 1 heterocycles. The van der Waals surface area contributed by atoms with E-state index >= 15 is 0 Å². The maximum absolute atomic E-state index is 11.7. The van der Waals surface area contributed by atoms with Crippen LogP contribution in [0.15, 0.2) is 41.0 Å². The molecule has 1 aromatic heterocycles. The van der Waals surface area contributed by atoms with Gasteiger partial charge in [-0.3, -0.25) is 25.2 Å². The van der Waals surface area contributed by atoms with Crippen molar-refractivity contribution >= 4 is 17.7 Å². The molecule has 27 heavy (non-hydrogen) atoms. The minimum Gasteiger partial charge on any atom is -0.484 e. The van der Waals surface area contributed by atoms with Crippen LogP contribution in [0.3, 0.4) is 0 Å². The summed E-state index contributed by atoms with van der Waals surface area (Å²) in [5.74, 6) is -0.353. The lowest BCUT2D eigenvalue weighted by Gasteiger charge is -2.10. The molecule has 0 aliphatic heterocycles. The Kier molecular flexibility index (Phi) is 7.42. The van der Waals surface area contributed by atoms with Crippen molar-refractivity contribution in [3.8, 4) is 5.75 Å². The molecule has 3 N–H and O–H groups in total. The highest BCUT2D eigenvalue weighted by Crippen LogP contribution is 2.16. The van der Waals surface area contributed by atoms with Gasteiger partial charge in [-0.2, -0.15) is 0 Å². The van der Waals surface area contributed by atoms with Gasteiger partial charge >= 0.3 is 0 Å². The molecule has 0 fully saturated rings. The molecular weight excluding hydrogens is 350 g/mol. The van der Waals surface area contributed by atoms with E-state index in [1.807, 2.05) is 26.0 Å². The topological polar surface area (TPSA) is 110 Å². The minimum atomic E-state index is -0.465. The molecule has 1 aromatic carbocycles. The molecule has 2 rings (SSSR count). The average molecular weight is 373 g/mol. The number of furan rings is 1. The normalized spacial score (nSPS) is 10.1. The zero-order valence-corrected chi connectivity index (χ0v) is 15.3. The van der Waals surface area contributed by atoms with E-state index < -0.39 is 5.91 Å². The molecule has 0 unspecified atom stereocenters. The third-order valence-electron chi connectivity index (χ3n) is 3.80. The predicted molar refractivity (Wildman–Crippen MR) is 98.0 cm³/mol. The number of nitrogens with one attached hydrogen (secondary N) is 3. The van der Waals surface area contributed by atoms with Crippen LogP contribution in [0.1, 0.15) is 34.5 Å². The van der Waals surface area contributed by atoms with Crippen LogP contribution >= 0.6 is 0 Å². The standard InChI is InChI=1S/C19H23N3O5/c1-13-7-8-15(11-14(13)2)27-12-18(24)22-21-17(23)6-3-9-20-19(25)16-5-4-10-26-16/h4-5,7-8,10-11H,3,6,9,12H2,1-2H3,(H,20,25)(H,21,23)(H,22,24). The van der Waals surface area contributed by atoms with Gasteiger partial charge < -0.3 is 14.5 Å². The molecule has 144 valence electrons. The van der Waals surface area contributed by atoms with Gasteiger partial charge in [0.2, 0.25) is 5.91 Å². The first-order valence-corrected chi connectivity index (χ1v) is 8.55. The van der Waals surface area contributed by atoms with E-state index in [1.165, 1.54) is 6.26 Å². The van der Waals surface area contributed by atoms with Gasteiger partial charge in [-0.25, -0.2) is 0 Å². The lowest BCUT2D eigenvalue weighted by Crippen LogP contribution is -2.44. The zero-order chi connectivity index (χ0) is 19.6. The smallest absolute Gasteiger partial charge is 0.286 e. The fourth-order valence-electron chi connectivity index (χ4n) is 2.14. The van der Waals surface area contributed by atoms with Crippen molar-refractivity contribution in [3.63, 3.8) is 0 Å². The van der Waals surface area contributed by atoms with Crippen LogP contribution in [0, 0.1) is 13.8 Å². The van der Waals surface area contributed by atoms with E-state index in [0.717, 1.165) is 11.1 Å². The van der Waals surface area contributed by atoms with Crippen LogP contribution in [-0.2, 0) is 9.59 Å². The summed E-state index contributed by atoms with van der Waals surface area (Å²) in [4.78, 5) is 35.0. The Balaban J connectivity index is 1.57. The van der Waals surface area contributed by atoms with Crippen LogP contribution < -0.4 is 20.9 Å². The molecule has 0 radical (unpaired) electrons. The number of rotatable bonds is 8. The average Bonchev–Trinajstić information content (AvgIpc) is 3.19. The summed E-state index contributed by atoms with van der Waals surface area (Å²) in [6, 6.07) is 8.71. The molecule has 0 bridgehead atoms. The minimum absolute atomic E-state index is 0.150. The SMILES string of the molecule is Cc1ccc(OCC(=O)NNC(=O)CCCNC(=O)c2ccco2)cc1C. The van der Waals surface area contributed by atoms with E-state index in [9.17, 15) is 14.4 Å². The third-order valence-corrected chi connectivity index (χ3v) is 3.80. The molecule has 0 saturated heterocycles. The van der Waals surface area contributed by atoms with Crippen LogP contribution in [0.2, 0.25) is 0 Å². The molecule has 0 aliphatic carbocycles. The third kappa shape index (κ3) is 6.85. The molecular formula is C19H23N3O5. The van der Waals surface area contributed by atoms with E-state index in [-0.39, 0.29) is 30.6 Å². The van der Waals surface area contributed by atoms with E-state index in [4.69, 9.17) is 9.15 Å². The van der Waals surface area contributed by atoms with Crippen molar-refractivity contribution in [2.45, 2.75) is 26.7 Å². The first-order chi connectivity index (χ1) is 13.0. The summed E-state index contributed by atoms with van der Waals surface area (Å²) in [5.41, 5.74) is 6.80. The van der Waals surface area contributed by atoms with Gasteiger partial charge in [0.15, 0.2) is 12.4 Å². The van der Waals surface area contributed by atoms with Gasteiger partial charge in [0.25, 0.3) is 11.8 Å². The highest BCUT2D eigenvalue weighted by Gasteiger charge is 2.09. The Morgan fingerprint density at radius 2 is 1.81 bits per heavy atom. The van der Waals surface area contributed by atoms with E-state index in [0.29, 0.717) is 18.7 Å². The largest absolute Gasteiger partial charge is 0.484 e. The number of ether oxygens (including phenoxy) is 1. The van der Waals surface area contributed by atoms with Crippen LogP contribution in [0.4, 0.5) is 0 Å². The summed E-state index contributed by atoms with van der Waals surface area (Å²) >= 11 is 0. The van der Waals surface area contributed by atoms with Crippen LogP contribution in [-0.4, -0.2) is 30.9 Å². The number of amides is 3. The van der Waals surface area contributed by atoms with Gasteiger partial charge in [-0.15, -0.1) is 0 Å². The Morgan fingerprint density at radius 3 is 2.52 bits per heavy atom. The van der Waals surface area contributed by atoms with Crippen molar-refractivity contribution in [2.24, 2.45) is 0 Å². The van der Waals surface area contributed by atoms with Crippen molar-refractivity contribution in [1.29, 1.82) is 0 Å². The van der Waals surface area contributed by atoms with Crippen molar-refractivity contribution < 1.29 is 23.5 Å². The molecule has 0 atom stereocenters. The predicted octanol–water partition coefficient (Wildman–Crippen LogP) is 1.63. The summed E-state index contributed by atoms with van der Waals surface area (Å²) in [5, 5.41) is 2.63. The Morgan fingerprint density at radius 1 is 1.04 bits per heavy atom. The van der Waals surface area contributed by atoms with Gasteiger partial charge in [-0.05, 0) is 55.7 Å². The van der Waals surface area contributed by atoms with Crippen molar-refractivity contribution in [1.82, 2.24) is 16.2 Å². The fraction of sp³-hybridized carbons (Fsp3) is 0.316. The number of benzene rings is 1. The lowest BCUT2D eigenvalue weighted by atomic mass is 10.1. The maximum Gasteiger partial charge on any atom is 0.286 e. The monoisotopic (exact) mass is 373 g/mol. The van der Waals surface area contributed by atoms with Crippen LogP contribution in [0.25, 0.3) is 0 Å². The molecule has 0 aliphatic rings. The first kappa shape index (κ1) is 20.0. The number of carbonyl (C=O) groups is 3. The van der Waals surface area contributed by atoms with Gasteiger partial charge in [0, 0.05) is 13.0 Å². The number of hydrogen-bond acceptors (Lipinski definition) is 5. The number of carbonyl (C=O) groups excluding carboxylic acids is 3. The summed E-state index contributed by atoms with van der Waals surface area (Å²) in [7, 11) is 0. The first-order valence-electron chi connectivity index (χ1n) is 8.55. The Labute approximate surface area is 157 Å². The summed E-state index contributed by atoms with van der Waals surface area (Å²) in [6.07, 6.45) is 1.98. The Bertz CT molecular complexity index is 787. The summed E-state index contributed by atoms with van der Waals surface area (Å²) < 4.78 is 10.3. The number of hydrogen-bond donors (Lipinski definition) is 3.